The van der Waals surface area contributed by atoms with Gasteiger partial charge in [-0.1, -0.05) is 26.5 Å². The Morgan fingerprint density at radius 3 is 1.73 bits per heavy atom. The first-order valence-electron chi connectivity index (χ1n) is 4.55. The average Bonchev–Trinajstić information content (AvgIpc) is 2.03. The van der Waals surface area contributed by atoms with Crippen molar-refractivity contribution in [2.75, 3.05) is 0 Å². The van der Waals surface area contributed by atoms with Crippen molar-refractivity contribution in [3.63, 3.8) is 0 Å². The fourth-order valence-electron chi connectivity index (χ4n) is 0.582. The number of carboxylic acids is 1. The van der Waals surface area contributed by atoms with Gasteiger partial charge >= 0.3 is 5.97 Å². The molecule has 0 aliphatic carbocycles. The molecular formula is C11H19NO3. The van der Waals surface area contributed by atoms with Crippen molar-refractivity contribution in [2.24, 2.45) is 11.7 Å². The molecule has 0 aromatic rings. The predicted octanol–water partition coefficient (Wildman–Crippen LogP) is 1.72. The molecule has 0 fully saturated rings. The largest absolute Gasteiger partial charge is 0.478 e. The highest BCUT2D eigenvalue weighted by Gasteiger charge is 1.96. The van der Waals surface area contributed by atoms with Crippen LogP contribution in [0.5, 0.6) is 0 Å². The van der Waals surface area contributed by atoms with Crippen LogP contribution in [0.4, 0.5) is 0 Å². The monoisotopic (exact) mass is 213 g/mol. The van der Waals surface area contributed by atoms with E-state index in [0.717, 1.165) is 0 Å². The molecule has 0 saturated carbocycles. The Bertz CT molecular complexity index is 266. The van der Waals surface area contributed by atoms with E-state index in [1.165, 1.54) is 6.92 Å². The van der Waals surface area contributed by atoms with Crippen molar-refractivity contribution in [3.8, 4) is 0 Å². The summed E-state index contributed by atoms with van der Waals surface area (Å²) in [5.41, 5.74) is 5.80. The second-order valence-corrected chi connectivity index (χ2v) is 3.54. The molecule has 0 heterocycles. The Labute approximate surface area is 90.5 Å². The minimum absolute atomic E-state index is 0.176. The number of amides is 1. The van der Waals surface area contributed by atoms with Crippen molar-refractivity contribution in [1.29, 1.82) is 0 Å². The van der Waals surface area contributed by atoms with Gasteiger partial charge in [-0.3, -0.25) is 4.79 Å². The van der Waals surface area contributed by atoms with Gasteiger partial charge in [-0.2, -0.15) is 0 Å². The number of nitrogens with two attached hydrogens (primary N) is 1. The van der Waals surface area contributed by atoms with Crippen LogP contribution in [0.25, 0.3) is 0 Å². The number of hydrogen-bond acceptors (Lipinski definition) is 2. The summed E-state index contributed by atoms with van der Waals surface area (Å²) in [7, 11) is 0. The first-order chi connectivity index (χ1) is 6.68. The smallest absolute Gasteiger partial charge is 0.330 e. The molecule has 3 N–H and O–H groups in total. The van der Waals surface area contributed by atoms with E-state index in [4.69, 9.17) is 10.8 Å². The maximum Gasteiger partial charge on any atom is 0.330 e. The van der Waals surface area contributed by atoms with Crippen LogP contribution >= 0.6 is 0 Å². The lowest BCUT2D eigenvalue weighted by atomic mass is 10.1. The Morgan fingerprint density at radius 1 is 1.33 bits per heavy atom. The Kier molecular flexibility index (Phi) is 8.24. The normalized spacial score (nSPS) is 10.3. The molecule has 15 heavy (non-hydrogen) atoms. The lowest BCUT2D eigenvalue weighted by Crippen LogP contribution is -2.12. The lowest BCUT2D eigenvalue weighted by Gasteiger charge is -1.96. The second-order valence-electron chi connectivity index (χ2n) is 3.54. The zero-order valence-electron chi connectivity index (χ0n) is 9.70. The molecule has 4 nitrogen and oxygen atoms in total. The molecule has 0 aliphatic rings. The van der Waals surface area contributed by atoms with E-state index in [-0.39, 0.29) is 11.5 Å². The maximum atomic E-state index is 10.4. The van der Waals surface area contributed by atoms with E-state index in [9.17, 15) is 9.59 Å². The molecule has 0 rings (SSSR count). The van der Waals surface area contributed by atoms with Crippen molar-refractivity contribution >= 4 is 11.9 Å². The van der Waals surface area contributed by atoms with Crippen LogP contribution in [-0.2, 0) is 9.59 Å². The number of rotatable bonds is 3. The minimum atomic E-state index is -0.935. The molecule has 0 atom stereocenters. The van der Waals surface area contributed by atoms with Crippen molar-refractivity contribution in [3.05, 3.63) is 23.8 Å². The molecule has 4 heteroatoms. The zero-order chi connectivity index (χ0) is 12.6. The fraction of sp³-hybridized carbons (Fsp3) is 0.455. The van der Waals surface area contributed by atoms with Gasteiger partial charge in [0.1, 0.15) is 0 Å². The Hall–Kier alpha value is -1.58. The third-order valence-electron chi connectivity index (χ3n) is 1.34. The Balaban J connectivity index is 0. The van der Waals surface area contributed by atoms with Gasteiger partial charge in [0, 0.05) is 11.1 Å². The number of carboxylic acid groups (broad SMARTS) is 1. The van der Waals surface area contributed by atoms with Gasteiger partial charge in [-0.15, -0.1) is 0 Å². The van der Waals surface area contributed by atoms with E-state index in [2.05, 4.69) is 6.58 Å². The highest BCUT2D eigenvalue weighted by molar-refractivity contribution is 5.91. The summed E-state index contributed by atoms with van der Waals surface area (Å²) in [4.78, 5) is 20.0. The number of hydrogen-bond donors (Lipinski definition) is 2. The quantitative estimate of drug-likeness (QED) is 0.700. The summed E-state index contributed by atoms with van der Waals surface area (Å²) in [6, 6.07) is 0. The van der Waals surface area contributed by atoms with Gasteiger partial charge in [0.15, 0.2) is 0 Å². The van der Waals surface area contributed by atoms with Gasteiger partial charge in [-0.05, 0) is 19.8 Å². The van der Waals surface area contributed by atoms with Gasteiger partial charge < -0.3 is 10.8 Å². The lowest BCUT2D eigenvalue weighted by molar-refractivity contribution is -0.132. The molecule has 1 amide bonds. The van der Waals surface area contributed by atoms with Crippen LogP contribution in [0, 0.1) is 5.92 Å². The summed E-state index contributed by atoms with van der Waals surface area (Å²) in [5, 5.41) is 7.89. The molecule has 0 bridgehead atoms. The van der Waals surface area contributed by atoms with Crippen LogP contribution in [0.15, 0.2) is 23.8 Å². The van der Waals surface area contributed by atoms with Crippen LogP contribution < -0.4 is 5.73 Å². The summed E-state index contributed by atoms with van der Waals surface area (Å²) in [6.07, 6.45) is 1.85. The van der Waals surface area contributed by atoms with Gasteiger partial charge in [0.2, 0.25) is 5.91 Å². The van der Waals surface area contributed by atoms with Crippen LogP contribution in [0.2, 0.25) is 0 Å². The standard InChI is InChI=1S/C7H13NO.C4H6O2/c1-5(2)4-6(3)7(8)9;1-3(2)4(5)6/h4-5H,1-3H3,(H2,8,9);1H2,2H3,(H,5,6). The van der Waals surface area contributed by atoms with Crippen molar-refractivity contribution in [2.45, 2.75) is 27.7 Å². The average molecular weight is 213 g/mol. The van der Waals surface area contributed by atoms with E-state index in [1.807, 2.05) is 19.9 Å². The summed E-state index contributed by atoms with van der Waals surface area (Å²) in [6.45, 7) is 10.3. The minimum Gasteiger partial charge on any atom is -0.478 e. The number of allylic oxidation sites excluding steroid dienone is 1. The van der Waals surface area contributed by atoms with E-state index in [1.54, 1.807) is 6.92 Å². The van der Waals surface area contributed by atoms with Crippen LogP contribution in [0.3, 0.4) is 0 Å². The zero-order valence-corrected chi connectivity index (χ0v) is 9.70. The second kappa shape index (κ2) is 7.79. The van der Waals surface area contributed by atoms with Gasteiger partial charge in [0.25, 0.3) is 0 Å². The van der Waals surface area contributed by atoms with Crippen LogP contribution in [-0.4, -0.2) is 17.0 Å². The Morgan fingerprint density at radius 2 is 1.67 bits per heavy atom. The topological polar surface area (TPSA) is 80.4 Å². The molecule has 86 valence electrons. The van der Waals surface area contributed by atoms with Crippen molar-refractivity contribution < 1.29 is 14.7 Å². The third-order valence-corrected chi connectivity index (χ3v) is 1.34. The van der Waals surface area contributed by atoms with E-state index < -0.39 is 5.97 Å². The predicted molar refractivity (Wildman–Crippen MR) is 60.2 cm³/mol. The molecule has 0 aromatic carbocycles. The summed E-state index contributed by atoms with van der Waals surface area (Å²) >= 11 is 0. The highest BCUT2D eigenvalue weighted by atomic mass is 16.4. The molecule has 0 aromatic heterocycles. The summed E-state index contributed by atoms with van der Waals surface area (Å²) < 4.78 is 0. The molecule has 0 radical (unpaired) electrons. The van der Waals surface area contributed by atoms with E-state index >= 15 is 0 Å². The van der Waals surface area contributed by atoms with Crippen LogP contribution in [0.1, 0.15) is 27.7 Å². The van der Waals surface area contributed by atoms with E-state index in [0.29, 0.717) is 11.5 Å². The molecule has 0 spiro atoms. The molecule has 0 unspecified atom stereocenters. The molecular weight excluding hydrogens is 194 g/mol. The van der Waals surface area contributed by atoms with Gasteiger partial charge in [0.05, 0.1) is 0 Å². The van der Waals surface area contributed by atoms with Crippen molar-refractivity contribution in [1.82, 2.24) is 0 Å². The molecule has 0 saturated heterocycles. The fourth-order valence-corrected chi connectivity index (χ4v) is 0.582. The first-order valence-corrected chi connectivity index (χ1v) is 4.55. The number of carbonyl (C=O) groups excluding carboxylic acids is 1. The third kappa shape index (κ3) is 12.4. The number of carbonyl (C=O) groups is 2. The number of aliphatic carboxylic acids is 1. The SMILES string of the molecule is C=C(C)C(=O)O.CC(=CC(C)C)C(N)=O. The highest BCUT2D eigenvalue weighted by Crippen LogP contribution is 1.99. The molecule has 0 aliphatic heterocycles. The summed E-state index contributed by atoms with van der Waals surface area (Å²) in [5.74, 6) is -0.865. The number of primary amides is 1. The maximum absolute atomic E-state index is 10.4. The van der Waals surface area contributed by atoms with Gasteiger partial charge in [-0.25, -0.2) is 4.79 Å². The first kappa shape index (κ1) is 15.9.